The number of nitrogens with one attached hydrogen (secondary N) is 2. The van der Waals surface area contributed by atoms with E-state index in [-0.39, 0.29) is 23.7 Å². The molecule has 21 heavy (non-hydrogen) atoms. The molecule has 114 valence electrons. The summed E-state index contributed by atoms with van der Waals surface area (Å²) in [5, 5.41) is 14.5. The molecule has 1 saturated heterocycles. The lowest BCUT2D eigenvalue weighted by molar-refractivity contribution is 0.0696. The van der Waals surface area contributed by atoms with Crippen molar-refractivity contribution in [3.8, 4) is 0 Å². The summed E-state index contributed by atoms with van der Waals surface area (Å²) >= 11 is 0. The van der Waals surface area contributed by atoms with Crippen LogP contribution in [0.2, 0.25) is 0 Å². The molecule has 0 saturated carbocycles. The van der Waals surface area contributed by atoms with Crippen molar-refractivity contribution in [2.24, 2.45) is 0 Å². The number of hydrogen-bond donors (Lipinski definition) is 3. The molecule has 0 radical (unpaired) electrons. The second-order valence-electron chi connectivity index (χ2n) is 5.27. The summed E-state index contributed by atoms with van der Waals surface area (Å²) in [6.07, 6.45) is 2.04. The van der Waals surface area contributed by atoms with Gasteiger partial charge in [-0.25, -0.2) is 9.59 Å². The smallest absolute Gasteiger partial charge is 0.335 e. The first-order valence-electron chi connectivity index (χ1n) is 7.00. The fourth-order valence-corrected chi connectivity index (χ4v) is 2.45. The van der Waals surface area contributed by atoms with E-state index in [0.29, 0.717) is 11.3 Å². The lowest BCUT2D eigenvalue weighted by atomic mass is 10.1. The van der Waals surface area contributed by atoms with E-state index in [1.165, 1.54) is 6.07 Å². The number of carbonyl (C=O) groups excluding carboxylic acids is 1. The first kappa shape index (κ1) is 15.3. The van der Waals surface area contributed by atoms with Crippen molar-refractivity contribution in [2.75, 3.05) is 11.9 Å². The third kappa shape index (κ3) is 3.95. The summed E-state index contributed by atoms with van der Waals surface area (Å²) in [6, 6.07) is 4.32. The van der Waals surface area contributed by atoms with Gasteiger partial charge in [0.25, 0.3) is 0 Å². The predicted octanol–water partition coefficient (Wildman–Crippen LogP) is 2.38. The van der Waals surface area contributed by atoms with Crippen LogP contribution in [0.4, 0.5) is 10.5 Å². The van der Waals surface area contributed by atoms with Gasteiger partial charge in [-0.1, -0.05) is 0 Å². The van der Waals surface area contributed by atoms with E-state index < -0.39 is 5.97 Å². The molecular formula is C15H20N2O4. The Morgan fingerprint density at radius 1 is 1.43 bits per heavy atom. The molecule has 2 rings (SSSR count). The number of carbonyl (C=O) groups is 2. The number of amides is 2. The zero-order valence-corrected chi connectivity index (χ0v) is 12.2. The zero-order valence-electron chi connectivity index (χ0n) is 12.2. The third-order valence-electron chi connectivity index (χ3n) is 3.60. The quantitative estimate of drug-likeness (QED) is 0.795. The Labute approximate surface area is 123 Å². The van der Waals surface area contributed by atoms with E-state index >= 15 is 0 Å². The molecule has 2 unspecified atom stereocenters. The normalized spacial score (nSPS) is 19.0. The van der Waals surface area contributed by atoms with Gasteiger partial charge in [0.2, 0.25) is 0 Å². The Morgan fingerprint density at radius 2 is 2.19 bits per heavy atom. The number of urea groups is 1. The minimum Gasteiger partial charge on any atom is -0.478 e. The maximum atomic E-state index is 11.9. The minimum absolute atomic E-state index is 0.0619. The van der Waals surface area contributed by atoms with E-state index in [4.69, 9.17) is 9.84 Å². The highest BCUT2D eigenvalue weighted by Crippen LogP contribution is 2.17. The summed E-state index contributed by atoms with van der Waals surface area (Å²) in [5.41, 5.74) is 1.40. The highest BCUT2D eigenvalue weighted by Gasteiger charge is 2.23. The maximum Gasteiger partial charge on any atom is 0.335 e. The van der Waals surface area contributed by atoms with Crippen LogP contribution in [0.1, 0.15) is 35.7 Å². The second-order valence-corrected chi connectivity index (χ2v) is 5.27. The van der Waals surface area contributed by atoms with Crippen molar-refractivity contribution in [1.82, 2.24) is 5.32 Å². The molecule has 1 fully saturated rings. The van der Waals surface area contributed by atoms with Gasteiger partial charge in [0, 0.05) is 12.3 Å². The van der Waals surface area contributed by atoms with Gasteiger partial charge in [-0.3, -0.25) is 0 Å². The van der Waals surface area contributed by atoms with Gasteiger partial charge in [0.15, 0.2) is 0 Å². The predicted molar refractivity (Wildman–Crippen MR) is 78.7 cm³/mol. The molecule has 1 heterocycles. The van der Waals surface area contributed by atoms with Crippen LogP contribution < -0.4 is 10.6 Å². The van der Waals surface area contributed by atoms with Crippen molar-refractivity contribution >= 4 is 17.7 Å². The highest BCUT2D eigenvalue weighted by molar-refractivity contribution is 5.92. The van der Waals surface area contributed by atoms with Gasteiger partial charge in [-0.05, 0) is 50.5 Å². The number of rotatable bonds is 4. The Balaban J connectivity index is 1.93. The lowest BCUT2D eigenvalue weighted by Gasteiger charge is -2.20. The first-order chi connectivity index (χ1) is 9.97. The number of hydrogen-bond acceptors (Lipinski definition) is 3. The highest BCUT2D eigenvalue weighted by atomic mass is 16.5. The zero-order chi connectivity index (χ0) is 15.4. The van der Waals surface area contributed by atoms with Crippen LogP contribution in [0, 0.1) is 6.92 Å². The Bertz CT molecular complexity index is 538. The summed E-state index contributed by atoms with van der Waals surface area (Å²) in [7, 11) is 0. The molecule has 6 nitrogen and oxygen atoms in total. The van der Waals surface area contributed by atoms with Crippen LogP contribution in [-0.2, 0) is 4.74 Å². The molecule has 1 aromatic rings. The van der Waals surface area contributed by atoms with E-state index in [2.05, 4.69) is 10.6 Å². The van der Waals surface area contributed by atoms with Gasteiger partial charge in [0.05, 0.1) is 17.7 Å². The summed E-state index contributed by atoms with van der Waals surface area (Å²) in [6.45, 7) is 4.35. The van der Waals surface area contributed by atoms with E-state index in [1.807, 2.05) is 6.92 Å². The SMILES string of the molecule is Cc1cc(NC(=O)NC(C)C2CCCO2)ccc1C(=O)O. The molecule has 2 atom stereocenters. The van der Waals surface area contributed by atoms with Crippen molar-refractivity contribution < 1.29 is 19.4 Å². The van der Waals surface area contributed by atoms with Crippen molar-refractivity contribution in [3.05, 3.63) is 29.3 Å². The fraction of sp³-hybridized carbons (Fsp3) is 0.467. The lowest BCUT2D eigenvalue weighted by Crippen LogP contribution is -2.43. The molecule has 1 aliphatic rings. The largest absolute Gasteiger partial charge is 0.478 e. The fourth-order valence-electron chi connectivity index (χ4n) is 2.45. The van der Waals surface area contributed by atoms with E-state index in [1.54, 1.807) is 19.1 Å². The van der Waals surface area contributed by atoms with Gasteiger partial charge >= 0.3 is 12.0 Å². The van der Waals surface area contributed by atoms with Crippen molar-refractivity contribution in [3.63, 3.8) is 0 Å². The van der Waals surface area contributed by atoms with Gasteiger partial charge in [0.1, 0.15) is 0 Å². The minimum atomic E-state index is -0.976. The molecular weight excluding hydrogens is 272 g/mol. The van der Waals surface area contributed by atoms with Crippen LogP contribution in [-0.4, -0.2) is 35.9 Å². The summed E-state index contributed by atoms with van der Waals surface area (Å²) in [5.74, 6) is -0.976. The standard InChI is InChI=1S/C15H20N2O4/c1-9-8-11(5-6-12(9)14(18)19)17-15(20)16-10(2)13-4-3-7-21-13/h5-6,8,10,13H,3-4,7H2,1-2H3,(H,18,19)(H2,16,17,20). The number of benzene rings is 1. The molecule has 0 aliphatic carbocycles. The van der Waals surface area contributed by atoms with Crippen LogP contribution >= 0.6 is 0 Å². The van der Waals surface area contributed by atoms with E-state index in [0.717, 1.165) is 19.4 Å². The number of aromatic carboxylic acids is 1. The third-order valence-corrected chi connectivity index (χ3v) is 3.60. The Kier molecular flexibility index (Phi) is 4.80. The van der Waals surface area contributed by atoms with Crippen LogP contribution in [0.15, 0.2) is 18.2 Å². The van der Waals surface area contributed by atoms with Crippen molar-refractivity contribution in [1.29, 1.82) is 0 Å². The monoisotopic (exact) mass is 292 g/mol. The molecule has 1 aromatic carbocycles. The van der Waals surface area contributed by atoms with Gasteiger partial charge < -0.3 is 20.5 Å². The van der Waals surface area contributed by atoms with Crippen LogP contribution in [0.3, 0.4) is 0 Å². The molecule has 0 aromatic heterocycles. The average molecular weight is 292 g/mol. The number of carboxylic acids is 1. The molecule has 3 N–H and O–H groups in total. The van der Waals surface area contributed by atoms with Crippen molar-refractivity contribution in [2.45, 2.75) is 38.8 Å². The average Bonchev–Trinajstić information content (AvgIpc) is 2.91. The summed E-state index contributed by atoms with van der Waals surface area (Å²) in [4.78, 5) is 22.8. The summed E-state index contributed by atoms with van der Waals surface area (Å²) < 4.78 is 5.52. The Morgan fingerprint density at radius 3 is 2.76 bits per heavy atom. The number of aryl methyl sites for hydroxylation is 1. The molecule has 2 amide bonds. The molecule has 0 spiro atoms. The van der Waals surface area contributed by atoms with Crippen LogP contribution in [0.25, 0.3) is 0 Å². The van der Waals surface area contributed by atoms with E-state index in [9.17, 15) is 9.59 Å². The molecule has 1 aliphatic heterocycles. The molecule has 6 heteroatoms. The number of anilines is 1. The number of ether oxygens (including phenoxy) is 1. The second kappa shape index (κ2) is 6.58. The number of carboxylic acid groups (broad SMARTS) is 1. The van der Waals surface area contributed by atoms with Gasteiger partial charge in [-0.2, -0.15) is 0 Å². The molecule has 0 bridgehead atoms. The first-order valence-corrected chi connectivity index (χ1v) is 7.00. The maximum absolute atomic E-state index is 11.9. The topological polar surface area (TPSA) is 87.7 Å². The Hall–Kier alpha value is -2.08. The van der Waals surface area contributed by atoms with Crippen LogP contribution in [0.5, 0.6) is 0 Å². The van der Waals surface area contributed by atoms with Gasteiger partial charge in [-0.15, -0.1) is 0 Å².